The Bertz CT molecular complexity index is 128. The number of unbranched alkanes of at least 4 members (excludes halogenated alkanes) is 5. The second-order valence-corrected chi connectivity index (χ2v) is 5.10. The van der Waals surface area contributed by atoms with Crippen LogP contribution >= 0.6 is 0 Å². The van der Waals surface area contributed by atoms with E-state index >= 15 is 0 Å². The molecule has 0 heteroatoms. The lowest BCUT2D eigenvalue weighted by Gasteiger charge is -2.00. The van der Waals surface area contributed by atoms with Crippen LogP contribution in [0.15, 0.2) is 0 Å². The van der Waals surface area contributed by atoms with Gasteiger partial charge in [-0.15, -0.1) is 0 Å². The van der Waals surface area contributed by atoms with Crippen molar-refractivity contribution >= 4 is 0 Å². The maximum Gasteiger partial charge on any atom is -0.0383 e. The Balaban J connectivity index is 1.80. The molecular weight excluding hydrogens is 168 g/mol. The third kappa shape index (κ3) is 5.02. The first-order chi connectivity index (χ1) is 6.88. The minimum Gasteiger partial charge on any atom is -0.0654 e. The van der Waals surface area contributed by atoms with Gasteiger partial charge < -0.3 is 0 Å². The molecule has 0 unspecified atom stereocenters. The molecule has 84 valence electrons. The summed E-state index contributed by atoms with van der Waals surface area (Å²) >= 11 is 0. The molecule has 0 aromatic carbocycles. The third-order valence-corrected chi connectivity index (χ3v) is 3.68. The Morgan fingerprint density at radius 2 is 1.29 bits per heavy atom. The molecule has 0 nitrogen and oxygen atoms in total. The van der Waals surface area contributed by atoms with Gasteiger partial charge in [-0.05, 0) is 18.3 Å². The summed E-state index contributed by atoms with van der Waals surface area (Å²) < 4.78 is 0. The normalized spacial score (nSPS) is 25.3. The summed E-state index contributed by atoms with van der Waals surface area (Å²) in [5.41, 5.74) is 0. The fourth-order valence-corrected chi connectivity index (χ4v) is 2.49. The first-order valence-electron chi connectivity index (χ1n) is 6.88. The van der Waals surface area contributed by atoms with Crippen molar-refractivity contribution in [1.29, 1.82) is 0 Å². The summed E-state index contributed by atoms with van der Waals surface area (Å²) in [6.07, 6.45) is 14.8. The second-order valence-electron chi connectivity index (χ2n) is 5.10. The molecule has 0 radical (unpaired) electrons. The highest BCUT2D eigenvalue weighted by molar-refractivity contribution is 4.85. The van der Waals surface area contributed by atoms with Crippen molar-refractivity contribution in [3.8, 4) is 0 Å². The van der Waals surface area contributed by atoms with Crippen LogP contribution in [0.3, 0.4) is 0 Å². The van der Waals surface area contributed by atoms with Crippen LogP contribution in [-0.4, -0.2) is 0 Å². The second kappa shape index (κ2) is 7.31. The number of hydrogen-bond donors (Lipinski definition) is 0. The Labute approximate surface area is 90.5 Å². The number of hydrogen-bond acceptors (Lipinski definition) is 0. The maximum atomic E-state index is 2.31. The highest BCUT2D eigenvalue weighted by atomic mass is 14.4. The molecule has 0 amide bonds. The van der Waals surface area contributed by atoms with Gasteiger partial charge in [0.25, 0.3) is 0 Å². The van der Waals surface area contributed by atoms with Gasteiger partial charge in [-0.2, -0.15) is 0 Å². The van der Waals surface area contributed by atoms with E-state index in [1.54, 1.807) is 6.42 Å². The lowest BCUT2D eigenvalue weighted by molar-refractivity contribution is 0.534. The molecule has 1 rings (SSSR count). The minimum atomic E-state index is 1.14. The van der Waals surface area contributed by atoms with Gasteiger partial charge >= 0.3 is 0 Å². The quantitative estimate of drug-likeness (QED) is 0.446. The van der Waals surface area contributed by atoms with Crippen LogP contribution < -0.4 is 0 Å². The third-order valence-electron chi connectivity index (χ3n) is 3.68. The summed E-state index contributed by atoms with van der Waals surface area (Å²) in [6.45, 7) is 4.60. The Hall–Kier alpha value is 0. The van der Waals surface area contributed by atoms with Crippen LogP contribution in [0.2, 0.25) is 0 Å². The van der Waals surface area contributed by atoms with Crippen LogP contribution in [0.5, 0.6) is 0 Å². The molecule has 0 aromatic rings. The molecule has 0 aromatic heterocycles. The summed E-state index contributed by atoms with van der Waals surface area (Å²) in [5.74, 6) is 2.28. The Kier molecular flexibility index (Phi) is 6.31. The van der Waals surface area contributed by atoms with Crippen LogP contribution in [0.25, 0.3) is 0 Å². The molecule has 1 aliphatic rings. The molecule has 2 atom stereocenters. The molecule has 0 heterocycles. The van der Waals surface area contributed by atoms with Crippen LogP contribution in [0, 0.1) is 11.8 Å². The van der Waals surface area contributed by atoms with Gasteiger partial charge in [0.05, 0.1) is 0 Å². The Morgan fingerprint density at radius 1 is 0.714 bits per heavy atom. The Morgan fingerprint density at radius 3 is 1.93 bits per heavy atom. The van der Waals surface area contributed by atoms with Gasteiger partial charge in [-0.25, -0.2) is 0 Å². The zero-order chi connectivity index (χ0) is 10.2. The monoisotopic (exact) mass is 196 g/mol. The number of rotatable bonds is 9. The zero-order valence-electron chi connectivity index (χ0n) is 10.2. The first kappa shape index (κ1) is 12.1. The highest BCUT2D eigenvalue weighted by Gasteiger charge is 2.34. The predicted octanol–water partition coefficient (Wildman–Crippen LogP) is 5.17. The molecule has 0 aliphatic heterocycles. The van der Waals surface area contributed by atoms with E-state index in [0.29, 0.717) is 0 Å². The van der Waals surface area contributed by atoms with E-state index in [1.807, 2.05) is 0 Å². The van der Waals surface area contributed by atoms with E-state index in [-0.39, 0.29) is 0 Å². The van der Waals surface area contributed by atoms with Crippen molar-refractivity contribution in [2.45, 2.75) is 78.1 Å². The van der Waals surface area contributed by atoms with Crippen molar-refractivity contribution in [2.75, 3.05) is 0 Å². The van der Waals surface area contributed by atoms with E-state index < -0.39 is 0 Å². The van der Waals surface area contributed by atoms with Crippen LogP contribution in [0.1, 0.15) is 78.1 Å². The lowest BCUT2D eigenvalue weighted by atomic mass is 10.1. The smallest absolute Gasteiger partial charge is 0.0383 e. The van der Waals surface area contributed by atoms with Gasteiger partial charge in [0.2, 0.25) is 0 Å². The van der Waals surface area contributed by atoms with Gasteiger partial charge in [0, 0.05) is 0 Å². The van der Waals surface area contributed by atoms with Crippen molar-refractivity contribution in [3.63, 3.8) is 0 Å². The van der Waals surface area contributed by atoms with Crippen LogP contribution in [0.4, 0.5) is 0 Å². The molecule has 0 spiro atoms. The zero-order valence-corrected chi connectivity index (χ0v) is 10.2. The average Bonchev–Trinajstić information content (AvgIpc) is 2.93. The summed E-state index contributed by atoms with van der Waals surface area (Å²) in [5, 5.41) is 0. The van der Waals surface area contributed by atoms with E-state index in [1.165, 1.54) is 57.8 Å². The van der Waals surface area contributed by atoms with E-state index in [4.69, 9.17) is 0 Å². The first-order valence-corrected chi connectivity index (χ1v) is 6.88. The van der Waals surface area contributed by atoms with Crippen molar-refractivity contribution < 1.29 is 0 Å². The molecule has 0 saturated heterocycles. The minimum absolute atomic E-state index is 1.14. The standard InChI is InChI=1S/C14H28/c1-3-5-7-8-9-11-14-12-13(14)10-6-4-2/h13-14H,3-12H2,1-2H3/t13-,14+/m0/s1. The summed E-state index contributed by atoms with van der Waals surface area (Å²) in [6, 6.07) is 0. The molecule has 1 fully saturated rings. The summed E-state index contributed by atoms with van der Waals surface area (Å²) in [4.78, 5) is 0. The van der Waals surface area contributed by atoms with Gasteiger partial charge in [0.15, 0.2) is 0 Å². The molecule has 0 bridgehead atoms. The van der Waals surface area contributed by atoms with Crippen molar-refractivity contribution in [3.05, 3.63) is 0 Å². The molecule has 1 saturated carbocycles. The van der Waals surface area contributed by atoms with Crippen molar-refractivity contribution in [2.24, 2.45) is 11.8 Å². The fraction of sp³-hybridized carbons (Fsp3) is 1.00. The van der Waals surface area contributed by atoms with E-state index in [0.717, 1.165) is 11.8 Å². The van der Waals surface area contributed by atoms with E-state index in [2.05, 4.69) is 13.8 Å². The topological polar surface area (TPSA) is 0 Å². The van der Waals surface area contributed by atoms with Gasteiger partial charge in [-0.3, -0.25) is 0 Å². The molecular formula is C14H28. The van der Waals surface area contributed by atoms with E-state index in [9.17, 15) is 0 Å². The fourth-order valence-electron chi connectivity index (χ4n) is 2.49. The van der Waals surface area contributed by atoms with Gasteiger partial charge in [-0.1, -0.05) is 71.6 Å². The highest BCUT2D eigenvalue weighted by Crippen LogP contribution is 2.45. The lowest BCUT2D eigenvalue weighted by Crippen LogP contribution is -1.85. The molecule has 1 aliphatic carbocycles. The largest absolute Gasteiger partial charge is 0.0654 e. The maximum absolute atomic E-state index is 2.31. The summed E-state index contributed by atoms with van der Waals surface area (Å²) in [7, 11) is 0. The molecule has 0 N–H and O–H groups in total. The average molecular weight is 196 g/mol. The predicted molar refractivity (Wildman–Crippen MR) is 64.5 cm³/mol. The molecule has 14 heavy (non-hydrogen) atoms. The van der Waals surface area contributed by atoms with Crippen LogP contribution in [-0.2, 0) is 0 Å². The van der Waals surface area contributed by atoms with Gasteiger partial charge in [0.1, 0.15) is 0 Å². The SMILES string of the molecule is CCCCCCC[C@@H]1C[C@@H]1CCCC. The van der Waals surface area contributed by atoms with Crippen molar-refractivity contribution in [1.82, 2.24) is 0 Å².